The number of rotatable bonds is 4. The van der Waals surface area contributed by atoms with Gasteiger partial charge in [-0.1, -0.05) is 26.0 Å². The number of benzene rings is 1. The Labute approximate surface area is 98.3 Å². The Morgan fingerprint density at radius 3 is 2.56 bits per heavy atom. The van der Waals surface area contributed by atoms with Crippen LogP contribution in [-0.4, -0.2) is 6.04 Å². The van der Waals surface area contributed by atoms with Crippen molar-refractivity contribution in [3.05, 3.63) is 29.3 Å². The standard InChI is InChI=1S/C14H20N2/c1-10(2)7-13(9-15)16-14-8-11(3)5-6-12(14)4/h5-6,8,10,13,16H,7H2,1-4H3. The molecule has 1 rings (SSSR count). The van der Waals surface area contributed by atoms with Gasteiger partial charge in [0.15, 0.2) is 0 Å². The minimum Gasteiger partial charge on any atom is -0.370 e. The Morgan fingerprint density at radius 1 is 1.31 bits per heavy atom. The van der Waals surface area contributed by atoms with Gasteiger partial charge in [-0.3, -0.25) is 0 Å². The van der Waals surface area contributed by atoms with Gasteiger partial charge in [0.2, 0.25) is 0 Å². The summed E-state index contributed by atoms with van der Waals surface area (Å²) in [5, 5.41) is 12.4. The number of aryl methyl sites for hydroxylation is 2. The third-order valence-electron chi connectivity index (χ3n) is 2.59. The molecular weight excluding hydrogens is 196 g/mol. The lowest BCUT2D eigenvalue weighted by molar-refractivity contribution is 0.568. The normalized spacial score (nSPS) is 12.2. The van der Waals surface area contributed by atoms with E-state index in [1.807, 2.05) is 0 Å². The van der Waals surface area contributed by atoms with Crippen molar-refractivity contribution < 1.29 is 0 Å². The Balaban J connectivity index is 2.78. The molecule has 0 spiro atoms. The van der Waals surface area contributed by atoms with Crippen molar-refractivity contribution in [2.24, 2.45) is 5.92 Å². The van der Waals surface area contributed by atoms with E-state index >= 15 is 0 Å². The molecule has 1 unspecified atom stereocenters. The lowest BCUT2D eigenvalue weighted by Gasteiger charge is -2.17. The third-order valence-corrected chi connectivity index (χ3v) is 2.59. The largest absolute Gasteiger partial charge is 0.370 e. The van der Waals surface area contributed by atoms with Crippen LogP contribution in [0.25, 0.3) is 0 Å². The molecule has 1 N–H and O–H groups in total. The van der Waals surface area contributed by atoms with Crippen LogP contribution in [0.2, 0.25) is 0 Å². The van der Waals surface area contributed by atoms with Crippen LogP contribution >= 0.6 is 0 Å². The number of nitriles is 1. The van der Waals surface area contributed by atoms with Crippen LogP contribution in [0, 0.1) is 31.1 Å². The van der Waals surface area contributed by atoms with Crippen LogP contribution in [-0.2, 0) is 0 Å². The topological polar surface area (TPSA) is 35.8 Å². The van der Waals surface area contributed by atoms with E-state index in [0.717, 1.165) is 12.1 Å². The first kappa shape index (κ1) is 12.6. The van der Waals surface area contributed by atoms with E-state index in [2.05, 4.69) is 57.3 Å². The zero-order valence-corrected chi connectivity index (χ0v) is 10.5. The second-order valence-electron chi connectivity index (χ2n) is 4.77. The smallest absolute Gasteiger partial charge is 0.114 e. The number of nitrogens with zero attached hydrogens (tertiary/aromatic N) is 1. The van der Waals surface area contributed by atoms with Crippen molar-refractivity contribution in [2.45, 2.75) is 40.2 Å². The molecule has 0 aliphatic carbocycles. The molecule has 16 heavy (non-hydrogen) atoms. The van der Waals surface area contributed by atoms with Gasteiger partial charge < -0.3 is 5.32 Å². The van der Waals surface area contributed by atoms with Crippen LogP contribution in [0.5, 0.6) is 0 Å². The highest BCUT2D eigenvalue weighted by molar-refractivity contribution is 5.53. The van der Waals surface area contributed by atoms with Crippen molar-refractivity contribution in [1.82, 2.24) is 0 Å². The number of hydrogen-bond acceptors (Lipinski definition) is 2. The molecule has 2 heteroatoms. The highest BCUT2D eigenvalue weighted by Gasteiger charge is 2.10. The van der Waals surface area contributed by atoms with Gasteiger partial charge in [-0.25, -0.2) is 0 Å². The lowest BCUT2D eigenvalue weighted by Crippen LogP contribution is -2.20. The van der Waals surface area contributed by atoms with E-state index in [1.165, 1.54) is 11.1 Å². The maximum absolute atomic E-state index is 9.08. The minimum absolute atomic E-state index is 0.0968. The van der Waals surface area contributed by atoms with E-state index in [4.69, 9.17) is 5.26 Å². The van der Waals surface area contributed by atoms with Crippen LogP contribution < -0.4 is 5.32 Å². The van der Waals surface area contributed by atoms with Crippen LogP contribution in [0.4, 0.5) is 5.69 Å². The Kier molecular flexibility index (Phi) is 4.37. The molecule has 1 aromatic rings. The zero-order valence-electron chi connectivity index (χ0n) is 10.5. The number of anilines is 1. The molecule has 0 aliphatic rings. The quantitative estimate of drug-likeness (QED) is 0.833. The van der Waals surface area contributed by atoms with Crippen LogP contribution in [0.15, 0.2) is 18.2 Å². The molecule has 1 atom stereocenters. The van der Waals surface area contributed by atoms with Gasteiger partial charge in [-0.15, -0.1) is 0 Å². The maximum Gasteiger partial charge on any atom is 0.114 e. The van der Waals surface area contributed by atoms with E-state index in [-0.39, 0.29) is 6.04 Å². The first-order chi connectivity index (χ1) is 7.52. The van der Waals surface area contributed by atoms with Gasteiger partial charge in [0.1, 0.15) is 6.04 Å². The SMILES string of the molecule is Cc1ccc(C)c(NC(C#N)CC(C)C)c1. The van der Waals surface area contributed by atoms with E-state index in [0.29, 0.717) is 5.92 Å². The summed E-state index contributed by atoms with van der Waals surface area (Å²) in [6.07, 6.45) is 0.879. The van der Waals surface area contributed by atoms with Crippen molar-refractivity contribution >= 4 is 5.69 Å². The maximum atomic E-state index is 9.08. The second-order valence-corrected chi connectivity index (χ2v) is 4.77. The van der Waals surface area contributed by atoms with Gasteiger partial charge in [0, 0.05) is 5.69 Å². The van der Waals surface area contributed by atoms with Crippen molar-refractivity contribution in [3.8, 4) is 6.07 Å². The van der Waals surface area contributed by atoms with Gasteiger partial charge >= 0.3 is 0 Å². The monoisotopic (exact) mass is 216 g/mol. The summed E-state index contributed by atoms with van der Waals surface area (Å²) in [5.74, 6) is 0.530. The van der Waals surface area contributed by atoms with Gasteiger partial charge in [0.05, 0.1) is 6.07 Å². The molecule has 0 radical (unpaired) electrons. The molecule has 0 aliphatic heterocycles. The van der Waals surface area contributed by atoms with Crippen molar-refractivity contribution in [1.29, 1.82) is 5.26 Å². The van der Waals surface area contributed by atoms with Gasteiger partial charge in [0.25, 0.3) is 0 Å². The fourth-order valence-electron chi connectivity index (χ4n) is 1.69. The second kappa shape index (κ2) is 5.55. The molecule has 0 saturated carbocycles. The highest BCUT2D eigenvalue weighted by atomic mass is 14.9. The summed E-state index contributed by atoms with van der Waals surface area (Å²) in [4.78, 5) is 0. The summed E-state index contributed by atoms with van der Waals surface area (Å²) in [7, 11) is 0. The van der Waals surface area contributed by atoms with E-state index in [1.54, 1.807) is 0 Å². The number of nitrogens with one attached hydrogen (secondary N) is 1. The molecule has 2 nitrogen and oxygen atoms in total. The third kappa shape index (κ3) is 3.58. The Hall–Kier alpha value is -1.49. The van der Waals surface area contributed by atoms with Crippen LogP contribution in [0.3, 0.4) is 0 Å². The van der Waals surface area contributed by atoms with E-state index in [9.17, 15) is 0 Å². The molecule has 0 bridgehead atoms. The van der Waals surface area contributed by atoms with Gasteiger partial charge in [-0.2, -0.15) is 5.26 Å². The van der Waals surface area contributed by atoms with Crippen molar-refractivity contribution in [3.63, 3.8) is 0 Å². The summed E-state index contributed by atoms with van der Waals surface area (Å²) in [6.45, 7) is 8.39. The summed E-state index contributed by atoms with van der Waals surface area (Å²) < 4.78 is 0. The highest BCUT2D eigenvalue weighted by Crippen LogP contribution is 2.19. The first-order valence-corrected chi connectivity index (χ1v) is 5.76. The molecule has 0 fully saturated rings. The fourth-order valence-corrected chi connectivity index (χ4v) is 1.69. The van der Waals surface area contributed by atoms with Crippen LogP contribution in [0.1, 0.15) is 31.4 Å². The molecule has 1 aromatic carbocycles. The summed E-state index contributed by atoms with van der Waals surface area (Å²) >= 11 is 0. The first-order valence-electron chi connectivity index (χ1n) is 5.76. The lowest BCUT2D eigenvalue weighted by atomic mass is 10.0. The predicted molar refractivity (Wildman–Crippen MR) is 68.4 cm³/mol. The fraction of sp³-hybridized carbons (Fsp3) is 0.500. The minimum atomic E-state index is -0.0968. The predicted octanol–water partition coefficient (Wildman–Crippen LogP) is 3.65. The Morgan fingerprint density at radius 2 is 2.00 bits per heavy atom. The molecule has 0 amide bonds. The Bertz CT molecular complexity index is 388. The molecule has 0 aromatic heterocycles. The molecule has 0 saturated heterocycles. The number of hydrogen-bond donors (Lipinski definition) is 1. The molecule has 86 valence electrons. The average molecular weight is 216 g/mol. The molecular formula is C14H20N2. The van der Waals surface area contributed by atoms with Crippen molar-refractivity contribution in [2.75, 3.05) is 5.32 Å². The summed E-state index contributed by atoms with van der Waals surface area (Å²) in [5.41, 5.74) is 3.48. The zero-order chi connectivity index (χ0) is 12.1. The average Bonchev–Trinajstić information content (AvgIpc) is 2.21. The van der Waals surface area contributed by atoms with E-state index < -0.39 is 0 Å². The van der Waals surface area contributed by atoms with Gasteiger partial charge in [-0.05, 0) is 43.4 Å². The summed E-state index contributed by atoms with van der Waals surface area (Å²) in [6, 6.07) is 8.49. The molecule has 0 heterocycles.